The van der Waals surface area contributed by atoms with Crippen molar-refractivity contribution in [3.63, 3.8) is 0 Å². The first-order valence-corrected chi connectivity index (χ1v) is 7.12. The second kappa shape index (κ2) is 7.94. The zero-order chi connectivity index (χ0) is 18.4. The van der Waals surface area contributed by atoms with E-state index in [1.54, 1.807) is 20.8 Å². The first kappa shape index (κ1) is 19.7. The summed E-state index contributed by atoms with van der Waals surface area (Å²) in [5.74, 6) is -0.568. The molecule has 0 unspecified atom stereocenters. The van der Waals surface area contributed by atoms with Crippen molar-refractivity contribution in [2.75, 3.05) is 13.2 Å². The van der Waals surface area contributed by atoms with Crippen LogP contribution in [0.5, 0.6) is 11.5 Å². The lowest BCUT2D eigenvalue weighted by atomic mass is 10.2. The van der Waals surface area contributed by atoms with Crippen molar-refractivity contribution in [2.24, 2.45) is 0 Å². The summed E-state index contributed by atoms with van der Waals surface area (Å²) in [7, 11) is 0. The highest BCUT2D eigenvalue weighted by molar-refractivity contribution is 5.67. The van der Waals surface area contributed by atoms with E-state index in [1.165, 1.54) is 18.2 Å². The van der Waals surface area contributed by atoms with Gasteiger partial charge in [0.25, 0.3) is 0 Å². The Hall–Kier alpha value is -2.38. The molecule has 0 radical (unpaired) electrons. The third-order valence-corrected chi connectivity index (χ3v) is 2.46. The Morgan fingerprint density at radius 1 is 1.25 bits per heavy atom. The molecule has 0 bridgehead atoms. The van der Waals surface area contributed by atoms with Gasteiger partial charge < -0.3 is 19.5 Å². The second-order valence-corrected chi connectivity index (χ2v) is 5.74. The Kier molecular flexibility index (Phi) is 6.51. The number of nitrogens with one attached hydrogen (secondary N) is 1. The fraction of sp³-hybridized carbons (Fsp3) is 0.438. The number of amides is 1. The average Bonchev–Trinajstić information content (AvgIpc) is 2.41. The van der Waals surface area contributed by atoms with Crippen LogP contribution in [-0.2, 0) is 4.74 Å². The highest BCUT2D eigenvalue weighted by atomic mass is 19.4. The van der Waals surface area contributed by atoms with E-state index in [-0.39, 0.29) is 18.9 Å². The van der Waals surface area contributed by atoms with Gasteiger partial charge >= 0.3 is 12.5 Å². The molecule has 0 atom stereocenters. The molecule has 5 nitrogen and oxygen atoms in total. The number of carbonyl (C=O) groups excluding carboxylic acids is 1. The van der Waals surface area contributed by atoms with Gasteiger partial charge in [-0.1, -0.05) is 18.7 Å². The number of benzene rings is 1. The summed E-state index contributed by atoms with van der Waals surface area (Å²) in [6, 6.07) is 4.04. The predicted octanol–water partition coefficient (Wildman–Crippen LogP) is 4.13. The van der Waals surface area contributed by atoms with E-state index in [0.717, 1.165) is 6.07 Å². The highest BCUT2D eigenvalue weighted by Gasteiger charge is 2.32. The zero-order valence-corrected chi connectivity index (χ0v) is 13.7. The van der Waals surface area contributed by atoms with Crippen molar-refractivity contribution in [1.82, 2.24) is 5.32 Å². The summed E-state index contributed by atoms with van der Waals surface area (Å²) in [6.07, 6.45) is -4.09. The molecule has 0 aliphatic carbocycles. The molecule has 134 valence electrons. The van der Waals surface area contributed by atoms with Crippen LogP contribution < -0.4 is 14.8 Å². The van der Waals surface area contributed by atoms with Gasteiger partial charge in [0.05, 0.1) is 6.54 Å². The summed E-state index contributed by atoms with van der Waals surface area (Å²) < 4.78 is 51.5. The second-order valence-electron chi connectivity index (χ2n) is 5.74. The molecule has 0 heterocycles. The van der Waals surface area contributed by atoms with Crippen molar-refractivity contribution in [1.29, 1.82) is 0 Å². The van der Waals surface area contributed by atoms with Crippen LogP contribution in [0.15, 0.2) is 24.8 Å². The van der Waals surface area contributed by atoms with Crippen LogP contribution in [0.3, 0.4) is 0 Å². The van der Waals surface area contributed by atoms with Crippen molar-refractivity contribution in [3.8, 4) is 11.5 Å². The van der Waals surface area contributed by atoms with Gasteiger partial charge in [0.1, 0.15) is 12.2 Å². The molecule has 0 spiro atoms. The largest absolute Gasteiger partial charge is 0.573 e. The molecule has 0 saturated heterocycles. The van der Waals surface area contributed by atoms with Crippen LogP contribution in [0.1, 0.15) is 26.3 Å². The maximum atomic E-state index is 12.4. The third kappa shape index (κ3) is 7.75. The van der Waals surface area contributed by atoms with Crippen LogP contribution >= 0.6 is 0 Å². The average molecular weight is 347 g/mol. The summed E-state index contributed by atoms with van der Waals surface area (Å²) in [6.45, 7) is 8.63. The lowest BCUT2D eigenvalue weighted by molar-refractivity contribution is -0.275. The molecule has 0 aliphatic heterocycles. The Bertz CT molecular complexity index is 580. The van der Waals surface area contributed by atoms with Crippen LogP contribution in [0.2, 0.25) is 0 Å². The lowest BCUT2D eigenvalue weighted by Crippen LogP contribution is -2.34. The summed E-state index contributed by atoms with van der Waals surface area (Å²) in [4.78, 5) is 11.4. The number of hydrogen-bond donors (Lipinski definition) is 1. The molecule has 1 N–H and O–H groups in total. The maximum Gasteiger partial charge on any atom is 0.573 e. The minimum absolute atomic E-state index is 0.0547. The first-order valence-electron chi connectivity index (χ1n) is 7.12. The van der Waals surface area contributed by atoms with E-state index in [1.807, 2.05) is 0 Å². The van der Waals surface area contributed by atoms with Gasteiger partial charge in [-0.2, -0.15) is 0 Å². The van der Waals surface area contributed by atoms with E-state index < -0.39 is 23.8 Å². The number of alkyl carbamates (subject to hydrolysis) is 1. The standard InChI is InChI=1S/C16H20F3NO4/c1-5-11-6-7-12(13(10-11)23-16(17,18)19)22-9-8-20-14(21)24-15(2,3)4/h5-7,10H,1,8-9H2,2-4H3,(H,20,21). The number of hydrogen-bond acceptors (Lipinski definition) is 4. The van der Waals surface area contributed by atoms with Gasteiger partial charge in [0.2, 0.25) is 0 Å². The molecule has 8 heteroatoms. The fourth-order valence-electron chi connectivity index (χ4n) is 1.60. The lowest BCUT2D eigenvalue weighted by Gasteiger charge is -2.20. The van der Waals surface area contributed by atoms with Crippen molar-refractivity contribution >= 4 is 12.2 Å². The van der Waals surface area contributed by atoms with Gasteiger partial charge in [-0.15, -0.1) is 13.2 Å². The Labute approximate surface area is 138 Å². The molecule has 0 fully saturated rings. The molecular weight excluding hydrogens is 327 g/mol. The Morgan fingerprint density at radius 2 is 1.92 bits per heavy atom. The van der Waals surface area contributed by atoms with E-state index in [0.29, 0.717) is 5.56 Å². The smallest absolute Gasteiger partial charge is 0.488 e. The van der Waals surface area contributed by atoms with Gasteiger partial charge in [-0.05, 0) is 38.5 Å². The quantitative estimate of drug-likeness (QED) is 0.786. The summed E-state index contributed by atoms with van der Waals surface area (Å²) >= 11 is 0. The SMILES string of the molecule is C=Cc1ccc(OCCNC(=O)OC(C)(C)C)c(OC(F)(F)F)c1. The van der Waals surface area contributed by atoms with E-state index in [2.05, 4.69) is 16.6 Å². The number of halogens is 3. The van der Waals surface area contributed by atoms with Crippen LogP contribution in [0, 0.1) is 0 Å². The normalized spacial score (nSPS) is 11.6. The first-order chi connectivity index (χ1) is 11.0. The molecule has 1 aromatic rings. The highest BCUT2D eigenvalue weighted by Crippen LogP contribution is 2.33. The number of rotatable bonds is 6. The number of ether oxygens (including phenoxy) is 3. The molecule has 1 amide bonds. The molecule has 0 aromatic heterocycles. The van der Waals surface area contributed by atoms with Gasteiger partial charge in [-0.25, -0.2) is 4.79 Å². The minimum Gasteiger partial charge on any atom is -0.488 e. The van der Waals surface area contributed by atoms with Gasteiger partial charge in [0, 0.05) is 0 Å². The van der Waals surface area contributed by atoms with Crippen LogP contribution in [-0.4, -0.2) is 31.2 Å². The summed E-state index contributed by atoms with van der Waals surface area (Å²) in [5, 5.41) is 2.43. The zero-order valence-electron chi connectivity index (χ0n) is 13.7. The molecular formula is C16H20F3NO4. The minimum atomic E-state index is -4.84. The Morgan fingerprint density at radius 3 is 2.46 bits per heavy atom. The third-order valence-electron chi connectivity index (χ3n) is 2.46. The number of alkyl halides is 3. The Balaban J connectivity index is 2.61. The molecule has 1 aromatic carbocycles. The molecule has 0 aliphatic rings. The molecule has 1 rings (SSSR count). The van der Waals surface area contributed by atoms with Crippen LogP contribution in [0.4, 0.5) is 18.0 Å². The fourth-order valence-corrected chi connectivity index (χ4v) is 1.60. The van der Waals surface area contributed by atoms with Gasteiger partial charge in [0.15, 0.2) is 11.5 Å². The molecule has 0 saturated carbocycles. The molecule has 24 heavy (non-hydrogen) atoms. The van der Waals surface area contributed by atoms with E-state index in [4.69, 9.17) is 9.47 Å². The van der Waals surface area contributed by atoms with Gasteiger partial charge in [-0.3, -0.25) is 0 Å². The maximum absolute atomic E-state index is 12.4. The van der Waals surface area contributed by atoms with Crippen LogP contribution in [0.25, 0.3) is 6.08 Å². The monoisotopic (exact) mass is 347 g/mol. The number of carbonyl (C=O) groups is 1. The van der Waals surface area contributed by atoms with Crippen molar-refractivity contribution in [2.45, 2.75) is 32.7 Å². The summed E-state index contributed by atoms with van der Waals surface area (Å²) in [5.41, 5.74) is -0.187. The van der Waals surface area contributed by atoms with E-state index >= 15 is 0 Å². The van der Waals surface area contributed by atoms with Crippen molar-refractivity contribution in [3.05, 3.63) is 30.3 Å². The van der Waals surface area contributed by atoms with E-state index in [9.17, 15) is 18.0 Å². The topological polar surface area (TPSA) is 56.8 Å². The van der Waals surface area contributed by atoms with Crippen molar-refractivity contribution < 1.29 is 32.2 Å². The predicted molar refractivity (Wildman–Crippen MR) is 82.9 cm³/mol.